The molecule has 1 saturated heterocycles. The van der Waals surface area contributed by atoms with E-state index in [1.807, 2.05) is 25.3 Å². The highest BCUT2D eigenvalue weighted by atomic mass is 32.1. The largest absolute Gasteiger partial charge is 0.369 e. The Bertz CT molecular complexity index is 735. The summed E-state index contributed by atoms with van der Waals surface area (Å²) in [6.07, 6.45) is 0.324. The monoisotopic (exact) mass is 358 g/mol. The van der Waals surface area contributed by atoms with Crippen LogP contribution in [0.1, 0.15) is 23.2 Å². The maximum absolute atomic E-state index is 12.2. The summed E-state index contributed by atoms with van der Waals surface area (Å²) < 4.78 is 0. The molecule has 134 valence electrons. The van der Waals surface area contributed by atoms with Crippen LogP contribution in [0.5, 0.6) is 0 Å². The first-order chi connectivity index (χ1) is 12.0. The van der Waals surface area contributed by atoms with Crippen LogP contribution in [0.4, 0.5) is 11.4 Å². The Morgan fingerprint density at radius 2 is 2.00 bits per heavy atom. The summed E-state index contributed by atoms with van der Waals surface area (Å²) in [5.41, 5.74) is 4.05. The first-order valence-corrected chi connectivity index (χ1v) is 9.72. The Hall–Kier alpha value is -1.92. The van der Waals surface area contributed by atoms with Gasteiger partial charge in [0.05, 0.1) is 17.1 Å². The summed E-state index contributed by atoms with van der Waals surface area (Å²) in [5, 5.41) is 5.95. The number of carbonyl (C=O) groups is 1. The van der Waals surface area contributed by atoms with Gasteiger partial charge in [-0.1, -0.05) is 6.92 Å². The highest BCUT2D eigenvalue weighted by Gasteiger charge is 2.16. The van der Waals surface area contributed by atoms with E-state index in [2.05, 4.69) is 39.2 Å². The minimum Gasteiger partial charge on any atom is -0.369 e. The third kappa shape index (κ3) is 4.58. The minimum atomic E-state index is -0.0160. The average Bonchev–Trinajstić information content (AvgIpc) is 3.01. The molecule has 1 fully saturated rings. The van der Waals surface area contributed by atoms with E-state index in [9.17, 15) is 4.79 Å². The lowest BCUT2D eigenvalue weighted by Crippen LogP contribution is -2.46. The van der Waals surface area contributed by atoms with Crippen LogP contribution < -0.4 is 10.2 Å². The molecule has 6 heteroatoms. The van der Waals surface area contributed by atoms with Gasteiger partial charge in [-0.15, -0.1) is 11.3 Å². The number of benzene rings is 1. The number of likely N-dealkylation sites (N-methyl/N-ethyl adjacent to an activating group) is 1. The number of aromatic nitrogens is 1. The molecule has 2 aromatic rings. The van der Waals surface area contributed by atoms with Crippen LogP contribution in [0.25, 0.3) is 0 Å². The first-order valence-electron chi connectivity index (χ1n) is 8.84. The fourth-order valence-corrected chi connectivity index (χ4v) is 3.77. The van der Waals surface area contributed by atoms with Gasteiger partial charge < -0.3 is 15.1 Å². The van der Waals surface area contributed by atoms with Crippen molar-refractivity contribution in [1.29, 1.82) is 0 Å². The van der Waals surface area contributed by atoms with Crippen molar-refractivity contribution in [3.63, 3.8) is 0 Å². The second-order valence-electron chi connectivity index (χ2n) is 6.50. The smallest absolute Gasteiger partial charge is 0.230 e. The fourth-order valence-electron chi connectivity index (χ4n) is 3.16. The fraction of sp³-hybridized carbons (Fsp3) is 0.474. The first kappa shape index (κ1) is 17.9. The number of amides is 1. The topological polar surface area (TPSA) is 48.5 Å². The SMILES string of the molecule is CCN1CCN(c2ccc(NC(=O)Cc3csc(C)n3)c(C)c2)CC1. The molecule has 1 aromatic heterocycles. The molecule has 1 amide bonds. The number of carbonyl (C=O) groups excluding carboxylic acids is 1. The number of piperazine rings is 1. The summed E-state index contributed by atoms with van der Waals surface area (Å²) in [6.45, 7) is 11.7. The zero-order valence-electron chi connectivity index (χ0n) is 15.2. The maximum atomic E-state index is 12.2. The van der Waals surface area contributed by atoms with E-state index < -0.39 is 0 Å². The zero-order valence-corrected chi connectivity index (χ0v) is 16.0. The third-order valence-electron chi connectivity index (χ3n) is 4.68. The number of rotatable bonds is 5. The second-order valence-corrected chi connectivity index (χ2v) is 7.57. The normalized spacial score (nSPS) is 15.4. The molecule has 1 N–H and O–H groups in total. The number of aryl methyl sites for hydroxylation is 2. The van der Waals surface area contributed by atoms with E-state index in [4.69, 9.17) is 0 Å². The lowest BCUT2D eigenvalue weighted by atomic mass is 10.1. The van der Waals surface area contributed by atoms with Crippen molar-refractivity contribution >= 4 is 28.6 Å². The molecule has 0 radical (unpaired) electrons. The predicted octanol–water partition coefficient (Wildman–Crippen LogP) is 3.08. The Kier molecular flexibility index (Phi) is 5.71. The minimum absolute atomic E-state index is 0.0160. The van der Waals surface area contributed by atoms with Crippen molar-refractivity contribution in [3.8, 4) is 0 Å². The van der Waals surface area contributed by atoms with E-state index in [0.717, 1.165) is 54.7 Å². The molecule has 2 heterocycles. The van der Waals surface area contributed by atoms with Gasteiger partial charge in [-0.2, -0.15) is 0 Å². The predicted molar refractivity (Wildman–Crippen MR) is 105 cm³/mol. The van der Waals surface area contributed by atoms with Crippen molar-refractivity contribution in [3.05, 3.63) is 39.8 Å². The molecule has 0 bridgehead atoms. The Morgan fingerprint density at radius 3 is 2.60 bits per heavy atom. The van der Waals surface area contributed by atoms with Crippen molar-refractivity contribution in [2.75, 3.05) is 42.9 Å². The van der Waals surface area contributed by atoms with Crippen LogP contribution in [0.15, 0.2) is 23.6 Å². The van der Waals surface area contributed by atoms with E-state index in [1.165, 1.54) is 5.69 Å². The number of thiazole rings is 1. The van der Waals surface area contributed by atoms with Gasteiger partial charge in [-0.3, -0.25) is 4.79 Å². The van der Waals surface area contributed by atoms with Gasteiger partial charge in [0.25, 0.3) is 0 Å². The Balaban J connectivity index is 1.61. The van der Waals surface area contributed by atoms with E-state index in [1.54, 1.807) is 11.3 Å². The molecule has 0 unspecified atom stereocenters. The molecule has 0 aliphatic carbocycles. The summed E-state index contributed by atoms with van der Waals surface area (Å²) >= 11 is 1.58. The standard InChI is InChI=1S/C19H26N4OS/c1-4-22-7-9-23(10-8-22)17-5-6-18(14(2)11-17)21-19(24)12-16-13-25-15(3)20-16/h5-6,11,13H,4,7-10,12H2,1-3H3,(H,21,24). The highest BCUT2D eigenvalue weighted by molar-refractivity contribution is 7.09. The van der Waals surface area contributed by atoms with Crippen LogP contribution in [-0.4, -0.2) is 48.5 Å². The molecule has 5 nitrogen and oxygen atoms in total. The van der Waals surface area contributed by atoms with Gasteiger partial charge in [-0.25, -0.2) is 4.98 Å². The quantitative estimate of drug-likeness (QED) is 0.892. The molecule has 0 saturated carbocycles. The zero-order chi connectivity index (χ0) is 17.8. The molecule has 1 aliphatic heterocycles. The van der Waals surface area contributed by atoms with E-state index in [0.29, 0.717) is 6.42 Å². The number of nitrogens with zero attached hydrogens (tertiary/aromatic N) is 3. The molecule has 0 atom stereocenters. The lowest BCUT2D eigenvalue weighted by molar-refractivity contribution is -0.115. The van der Waals surface area contributed by atoms with Crippen molar-refractivity contribution < 1.29 is 4.79 Å². The third-order valence-corrected chi connectivity index (χ3v) is 5.50. The summed E-state index contributed by atoms with van der Waals surface area (Å²) in [6, 6.07) is 6.29. The number of nitrogens with one attached hydrogen (secondary N) is 1. The molecular weight excluding hydrogens is 332 g/mol. The van der Waals surface area contributed by atoms with Gasteiger partial charge >= 0.3 is 0 Å². The van der Waals surface area contributed by atoms with E-state index >= 15 is 0 Å². The van der Waals surface area contributed by atoms with Crippen LogP contribution in [0.2, 0.25) is 0 Å². The summed E-state index contributed by atoms with van der Waals surface area (Å²) in [5.74, 6) is -0.0160. The van der Waals surface area contributed by atoms with Gasteiger partial charge in [0, 0.05) is 42.9 Å². The van der Waals surface area contributed by atoms with E-state index in [-0.39, 0.29) is 5.91 Å². The van der Waals surface area contributed by atoms with Crippen LogP contribution in [-0.2, 0) is 11.2 Å². The number of anilines is 2. The number of hydrogen-bond acceptors (Lipinski definition) is 5. The van der Waals surface area contributed by atoms with Crippen molar-refractivity contribution in [1.82, 2.24) is 9.88 Å². The molecule has 3 rings (SSSR count). The molecule has 1 aromatic carbocycles. The Morgan fingerprint density at radius 1 is 1.24 bits per heavy atom. The van der Waals surface area contributed by atoms with Crippen molar-refractivity contribution in [2.24, 2.45) is 0 Å². The van der Waals surface area contributed by atoms with Gasteiger partial charge in [0.15, 0.2) is 0 Å². The maximum Gasteiger partial charge on any atom is 0.230 e. The summed E-state index contributed by atoms with van der Waals surface area (Å²) in [7, 11) is 0. The van der Waals surface area contributed by atoms with Gasteiger partial charge in [0.1, 0.15) is 0 Å². The molecular formula is C19H26N4OS. The lowest BCUT2D eigenvalue weighted by Gasteiger charge is -2.35. The molecule has 1 aliphatic rings. The Labute approximate surface area is 153 Å². The van der Waals surface area contributed by atoms with Gasteiger partial charge in [0.2, 0.25) is 5.91 Å². The molecule has 25 heavy (non-hydrogen) atoms. The van der Waals surface area contributed by atoms with Crippen molar-refractivity contribution in [2.45, 2.75) is 27.2 Å². The highest BCUT2D eigenvalue weighted by Crippen LogP contribution is 2.24. The van der Waals surface area contributed by atoms with Gasteiger partial charge in [-0.05, 0) is 44.2 Å². The molecule has 0 spiro atoms. The van der Waals surface area contributed by atoms with Crippen LogP contribution >= 0.6 is 11.3 Å². The second kappa shape index (κ2) is 7.97. The van der Waals surface area contributed by atoms with Crippen LogP contribution in [0, 0.1) is 13.8 Å². The average molecular weight is 359 g/mol. The summed E-state index contributed by atoms with van der Waals surface area (Å²) in [4.78, 5) is 21.5. The number of hydrogen-bond donors (Lipinski definition) is 1. The van der Waals surface area contributed by atoms with Crippen LogP contribution in [0.3, 0.4) is 0 Å².